The minimum Gasteiger partial charge on any atom is -0.394 e. The maximum Gasteiger partial charge on any atom is 0.330 e. The van der Waals surface area contributed by atoms with Gasteiger partial charge in [-0.15, -0.1) is 0 Å². The number of benzene rings is 5. The summed E-state index contributed by atoms with van der Waals surface area (Å²) in [5.41, 5.74) is -0.0876. The normalized spacial score (nSPS) is 17.6. The van der Waals surface area contributed by atoms with E-state index in [2.05, 4.69) is 71.4 Å². The number of nitrogens with zero attached hydrogens (tertiary/aromatic N) is 1. The van der Waals surface area contributed by atoms with Gasteiger partial charge in [0.15, 0.2) is 0 Å². The van der Waals surface area contributed by atoms with E-state index < -0.39 is 17.5 Å². The summed E-state index contributed by atoms with van der Waals surface area (Å²) in [5.74, 6) is 6.18. The van der Waals surface area contributed by atoms with Gasteiger partial charge in [-0.3, -0.25) is 14.3 Å². The maximum absolute atomic E-state index is 12.6. The second-order valence-electron chi connectivity index (χ2n) is 9.53. The van der Waals surface area contributed by atoms with Gasteiger partial charge in [0.1, 0.15) is 11.8 Å². The fraction of sp³-hybridized carbons (Fsp3) is 0.161. The van der Waals surface area contributed by atoms with Crippen molar-refractivity contribution in [3.63, 3.8) is 0 Å². The molecule has 0 spiro atoms. The molecule has 7 rings (SSSR count). The van der Waals surface area contributed by atoms with Gasteiger partial charge in [0.05, 0.1) is 12.7 Å². The number of ether oxygens (including phenoxy) is 1. The molecule has 0 aliphatic carbocycles. The molecule has 6 heteroatoms. The standard InChI is InChI=1S/C31H22N2O4/c34-17-21-13-15-27(37-21)33-16-20(30(35)32-31(33)36)11-10-18-12-14-26-24-8-2-5-19-4-1-7-23(28(19)24)25-9-3-6-22(18)29(25)26/h1-9,12,14,16,21,27,34H,13,15,17H2,(H,32,35,36)/t21-,27+/m1/s1. The fourth-order valence-corrected chi connectivity index (χ4v) is 5.70. The third-order valence-electron chi connectivity index (χ3n) is 7.42. The number of aromatic amines is 1. The number of aliphatic hydroxyl groups excluding tert-OH is 1. The molecule has 2 N–H and O–H groups in total. The highest BCUT2D eigenvalue weighted by atomic mass is 16.5. The van der Waals surface area contributed by atoms with Crippen molar-refractivity contribution in [3.05, 3.63) is 105 Å². The first-order valence-electron chi connectivity index (χ1n) is 12.3. The van der Waals surface area contributed by atoms with E-state index in [4.69, 9.17) is 4.74 Å². The molecule has 0 saturated carbocycles. The minimum absolute atomic E-state index is 0.106. The van der Waals surface area contributed by atoms with Crippen molar-refractivity contribution >= 4 is 43.1 Å². The Morgan fingerprint density at radius 3 is 2.19 bits per heavy atom. The number of aliphatic hydroxyl groups is 1. The number of hydrogen-bond acceptors (Lipinski definition) is 4. The van der Waals surface area contributed by atoms with E-state index in [0.717, 1.165) is 16.3 Å². The van der Waals surface area contributed by atoms with E-state index in [0.29, 0.717) is 12.8 Å². The molecule has 6 nitrogen and oxygen atoms in total. The Morgan fingerprint density at radius 2 is 1.46 bits per heavy atom. The number of hydrogen-bond donors (Lipinski definition) is 2. The van der Waals surface area contributed by atoms with Crippen LogP contribution >= 0.6 is 0 Å². The molecule has 0 unspecified atom stereocenters. The van der Waals surface area contributed by atoms with Crippen LogP contribution in [0.15, 0.2) is 82.5 Å². The Morgan fingerprint density at radius 1 is 0.811 bits per heavy atom. The molecule has 1 aliphatic rings. The highest BCUT2D eigenvalue weighted by Crippen LogP contribution is 2.40. The Bertz CT molecular complexity index is 1980. The van der Waals surface area contributed by atoms with E-state index in [-0.39, 0.29) is 18.3 Å². The summed E-state index contributed by atoms with van der Waals surface area (Å²) in [6, 6.07) is 23.2. The summed E-state index contributed by atoms with van der Waals surface area (Å²) in [5, 5.41) is 18.8. The van der Waals surface area contributed by atoms with Gasteiger partial charge >= 0.3 is 5.69 Å². The number of rotatable bonds is 2. The third kappa shape index (κ3) is 3.36. The van der Waals surface area contributed by atoms with Crippen molar-refractivity contribution in [1.82, 2.24) is 9.55 Å². The second kappa shape index (κ2) is 8.31. The van der Waals surface area contributed by atoms with Gasteiger partial charge in [-0.05, 0) is 62.0 Å². The van der Waals surface area contributed by atoms with Gasteiger partial charge in [-0.1, -0.05) is 72.5 Å². The molecule has 1 fully saturated rings. The zero-order chi connectivity index (χ0) is 25.1. The number of H-pyrrole nitrogens is 1. The maximum atomic E-state index is 12.6. The first kappa shape index (κ1) is 21.8. The second-order valence-corrected chi connectivity index (χ2v) is 9.53. The molecule has 2 atom stereocenters. The zero-order valence-electron chi connectivity index (χ0n) is 19.8. The summed E-state index contributed by atoms with van der Waals surface area (Å²) in [7, 11) is 0. The van der Waals surface area contributed by atoms with Crippen molar-refractivity contribution < 1.29 is 9.84 Å². The molecule has 0 bridgehead atoms. The van der Waals surface area contributed by atoms with Crippen LogP contribution < -0.4 is 11.2 Å². The summed E-state index contributed by atoms with van der Waals surface area (Å²) >= 11 is 0. The highest BCUT2D eigenvalue weighted by Gasteiger charge is 2.27. The Hall–Kier alpha value is -4.44. The molecule has 0 amide bonds. The molecule has 37 heavy (non-hydrogen) atoms. The monoisotopic (exact) mass is 486 g/mol. The Labute approximate surface area is 211 Å². The molecule has 1 aliphatic heterocycles. The number of nitrogens with one attached hydrogen (secondary N) is 1. The smallest absolute Gasteiger partial charge is 0.330 e. The Kier molecular flexibility index (Phi) is 4.90. The predicted octanol–water partition coefficient (Wildman–Crippen LogP) is 4.66. The quantitative estimate of drug-likeness (QED) is 0.212. The molecular weight excluding hydrogens is 464 g/mol. The molecule has 1 aromatic heterocycles. The lowest BCUT2D eigenvalue weighted by molar-refractivity contribution is -0.0246. The minimum atomic E-state index is -0.548. The molecule has 1 saturated heterocycles. The van der Waals surface area contributed by atoms with Gasteiger partial charge in [-0.2, -0.15) is 0 Å². The van der Waals surface area contributed by atoms with Crippen molar-refractivity contribution in [2.24, 2.45) is 0 Å². The van der Waals surface area contributed by atoms with Crippen LogP contribution in [0.3, 0.4) is 0 Å². The number of fused-ring (bicyclic) bond motifs is 2. The van der Waals surface area contributed by atoms with Crippen molar-refractivity contribution in [1.29, 1.82) is 0 Å². The van der Waals surface area contributed by atoms with Gasteiger partial charge in [0.25, 0.3) is 5.56 Å². The molecule has 2 heterocycles. The average Bonchev–Trinajstić information content (AvgIpc) is 3.40. The van der Waals surface area contributed by atoms with Gasteiger partial charge in [0.2, 0.25) is 0 Å². The summed E-state index contributed by atoms with van der Waals surface area (Å²) in [6.07, 6.45) is 1.83. The van der Waals surface area contributed by atoms with Crippen LogP contribution in [0.4, 0.5) is 0 Å². The molecule has 180 valence electrons. The average molecular weight is 487 g/mol. The highest BCUT2D eigenvalue weighted by molar-refractivity contribution is 6.33. The summed E-state index contributed by atoms with van der Waals surface area (Å²) in [4.78, 5) is 27.4. The van der Waals surface area contributed by atoms with Crippen LogP contribution in [0.5, 0.6) is 0 Å². The van der Waals surface area contributed by atoms with Crippen molar-refractivity contribution in [3.8, 4) is 11.8 Å². The van der Waals surface area contributed by atoms with E-state index in [1.165, 1.54) is 43.1 Å². The lowest BCUT2D eigenvalue weighted by atomic mass is 9.88. The molecular formula is C31H22N2O4. The van der Waals surface area contributed by atoms with E-state index in [1.54, 1.807) is 0 Å². The largest absolute Gasteiger partial charge is 0.394 e. The van der Waals surface area contributed by atoms with Crippen LogP contribution in [0.25, 0.3) is 43.1 Å². The third-order valence-corrected chi connectivity index (χ3v) is 7.42. The number of aromatic nitrogens is 2. The lowest BCUT2D eigenvalue weighted by Gasteiger charge is -2.15. The van der Waals surface area contributed by atoms with Gasteiger partial charge < -0.3 is 9.84 Å². The molecule has 5 aromatic carbocycles. The van der Waals surface area contributed by atoms with Gasteiger partial charge in [0, 0.05) is 11.8 Å². The zero-order valence-corrected chi connectivity index (χ0v) is 19.8. The van der Waals surface area contributed by atoms with E-state index in [9.17, 15) is 14.7 Å². The van der Waals surface area contributed by atoms with E-state index in [1.807, 2.05) is 12.1 Å². The summed E-state index contributed by atoms with van der Waals surface area (Å²) in [6.45, 7) is -0.106. The SMILES string of the molecule is O=c1[nH]c(=O)n([C@@H]2CC[C@H](CO)O2)cc1C#Cc1ccc2c3cccc4cccc(c5cccc1c52)c43. The first-order chi connectivity index (χ1) is 18.1. The van der Waals surface area contributed by atoms with Crippen LogP contribution in [0, 0.1) is 11.8 Å². The molecule has 6 aromatic rings. The van der Waals surface area contributed by atoms with Crippen LogP contribution in [-0.2, 0) is 4.74 Å². The molecule has 0 radical (unpaired) electrons. The van der Waals surface area contributed by atoms with Gasteiger partial charge in [-0.25, -0.2) is 4.79 Å². The van der Waals surface area contributed by atoms with E-state index >= 15 is 0 Å². The van der Waals surface area contributed by atoms with Crippen molar-refractivity contribution in [2.75, 3.05) is 6.61 Å². The fourth-order valence-electron chi connectivity index (χ4n) is 5.70. The first-order valence-corrected chi connectivity index (χ1v) is 12.3. The Balaban J connectivity index is 1.40. The van der Waals surface area contributed by atoms with Crippen LogP contribution in [0.2, 0.25) is 0 Å². The lowest BCUT2D eigenvalue weighted by Crippen LogP contribution is -2.33. The topological polar surface area (TPSA) is 84.3 Å². The van der Waals surface area contributed by atoms with Crippen LogP contribution in [-0.4, -0.2) is 27.4 Å². The summed E-state index contributed by atoms with van der Waals surface area (Å²) < 4.78 is 7.09. The van der Waals surface area contributed by atoms with Crippen LogP contribution in [0.1, 0.15) is 30.2 Å². The predicted molar refractivity (Wildman–Crippen MR) is 145 cm³/mol. The van der Waals surface area contributed by atoms with Crippen molar-refractivity contribution in [2.45, 2.75) is 25.2 Å².